The Morgan fingerprint density at radius 1 is 1.15 bits per heavy atom. The molecule has 0 radical (unpaired) electrons. The summed E-state index contributed by atoms with van der Waals surface area (Å²) >= 11 is 0. The second-order valence-electron chi connectivity index (χ2n) is 8.45. The number of hydrogen-bond donors (Lipinski definition) is 2. The Morgan fingerprint density at radius 3 is 2.23 bits per heavy atom. The minimum absolute atomic E-state index is 0.227. The fourth-order valence-corrected chi connectivity index (χ4v) is 3.71. The summed E-state index contributed by atoms with van der Waals surface area (Å²) in [5.74, 6) is 0.220. The van der Waals surface area contributed by atoms with Gasteiger partial charge in [0.05, 0.1) is 5.92 Å². The lowest BCUT2D eigenvalue weighted by Gasteiger charge is -2.33. The van der Waals surface area contributed by atoms with Crippen LogP contribution in [0.2, 0.25) is 0 Å². The molecule has 0 aliphatic heterocycles. The molecule has 1 aromatic carbocycles. The lowest BCUT2D eigenvalue weighted by Crippen LogP contribution is -2.37. The standard InChI is InChI=1S/C21H32N2O3/c1-14-5-9-16(10-6-14)18(19(22)24)17-11-7-15(8-12-17)13-23-20(25)26-21(2,3)4/h5-6,9-10,15,17-18H,7-8,11-13H2,1-4H3,(H2,22,24)(H,23,25). The summed E-state index contributed by atoms with van der Waals surface area (Å²) in [5, 5.41) is 2.86. The molecule has 0 spiro atoms. The summed E-state index contributed by atoms with van der Waals surface area (Å²) in [7, 11) is 0. The van der Waals surface area contributed by atoms with Crippen molar-refractivity contribution in [3.8, 4) is 0 Å². The Kier molecular flexibility index (Phi) is 6.68. The fraction of sp³-hybridized carbons (Fsp3) is 0.619. The molecule has 1 aliphatic rings. The van der Waals surface area contributed by atoms with Gasteiger partial charge in [0, 0.05) is 6.54 Å². The lowest BCUT2D eigenvalue weighted by atomic mass is 9.73. The largest absolute Gasteiger partial charge is 0.444 e. The van der Waals surface area contributed by atoms with Crippen LogP contribution in [0.15, 0.2) is 24.3 Å². The first kappa shape index (κ1) is 20.3. The third kappa shape index (κ3) is 6.04. The molecule has 0 heterocycles. The summed E-state index contributed by atoms with van der Waals surface area (Å²) in [6.07, 6.45) is 3.49. The van der Waals surface area contributed by atoms with E-state index in [0.717, 1.165) is 31.2 Å². The Bertz CT molecular complexity index is 611. The molecule has 144 valence electrons. The quantitative estimate of drug-likeness (QED) is 0.835. The van der Waals surface area contributed by atoms with Crippen molar-refractivity contribution in [3.05, 3.63) is 35.4 Å². The van der Waals surface area contributed by atoms with Gasteiger partial charge in [0.2, 0.25) is 5.91 Å². The van der Waals surface area contributed by atoms with Crippen LogP contribution in [0.3, 0.4) is 0 Å². The van der Waals surface area contributed by atoms with Crippen LogP contribution in [0, 0.1) is 18.8 Å². The zero-order valence-electron chi connectivity index (χ0n) is 16.4. The molecule has 1 fully saturated rings. The molecule has 1 unspecified atom stereocenters. The molecule has 2 amide bonds. The number of rotatable bonds is 5. The summed E-state index contributed by atoms with van der Waals surface area (Å²) in [5.41, 5.74) is 7.42. The maximum absolute atomic E-state index is 12.1. The minimum atomic E-state index is -0.482. The van der Waals surface area contributed by atoms with Crippen LogP contribution in [-0.2, 0) is 9.53 Å². The molecule has 3 N–H and O–H groups in total. The summed E-state index contributed by atoms with van der Waals surface area (Å²) in [6.45, 7) is 8.21. The molecule has 26 heavy (non-hydrogen) atoms. The van der Waals surface area contributed by atoms with E-state index in [2.05, 4.69) is 5.32 Å². The highest BCUT2D eigenvalue weighted by atomic mass is 16.6. The Balaban J connectivity index is 1.87. The molecule has 0 aromatic heterocycles. The molecule has 2 rings (SSSR count). The van der Waals surface area contributed by atoms with Crippen molar-refractivity contribution in [2.45, 2.75) is 64.9 Å². The van der Waals surface area contributed by atoms with E-state index in [9.17, 15) is 9.59 Å². The Hall–Kier alpha value is -2.04. The van der Waals surface area contributed by atoms with Gasteiger partial charge in [0.15, 0.2) is 0 Å². The molecule has 1 atom stereocenters. The second-order valence-corrected chi connectivity index (χ2v) is 8.45. The molecule has 1 aromatic rings. The first-order valence-electron chi connectivity index (χ1n) is 9.48. The third-order valence-electron chi connectivity index (χ3n) is 5.04. The zero-order chi connectivity index (χ0) is 19.3. The van der Waals surface area contributed by atoms with Crippen molar-refractivity contribution in [2.24, 2.45) is 17.6 Å². The number of carbonyl (C=O) groups excluding carboxylic acids is 2. The number of carbonyl (C=O) groups is 2. The SMILES string of the molecule is Cc1ccc(C(C(N)=O)C2CCC(CNC(=O)OC(C)(C)C)CC2)cc1. The summed E-state index contributed by atoms with van der Waals surface area (Å²) < 4.78 is 5.28. The molecule has 1 saturated carbocycles. The van der Waals surface area contributed by atoms with E-state index >= 15 is 0 Å². The first-order chi connectivity index (χ1) is 12.2. The number of ether oxygens (including phenoxy) is 1. The van der Waals surface area contributed by atoms with Crippen molar-refractivity contribution < 1.29 is 14.3 Å². The number of nitrogens with two attached hydrogens (primary N) is 1. The van der Waals surface area contributed by atoms with Gasteiger partial charge >= 0.3 is 6.09 Å². The summed E-state index contributed by atoms with van der Waals surface area (Å²) in [4.78, 5) is 23.8. The van der Waals surface area contributed by atoms with E-state index in [1.165, 1.54) is 5.56 Å². The van der Waals surface area contributed by atoms with Crippen LogP contribution in [0.25, 0.3) is 0 Å². The predicted octanol–water partition coefficient (Wildman–Crippen LogP) is 3.90. The van der Waals surface area contributed by atoms with Crippen molar-refractivity contribution >= 4 is 12.0 Å². The molecule has 1 aliphatic carbocycles. The fourth-order valence-electron chi connectivity index (χ4n) is 3.71. The van der Waals surface area contributed by atoms with Gasteiger partial charge in [0.25, 0.3) is 0 Å². The van der Waals surface area contributed by atoms with E-state index in [1.54, 1.807) is 0 Å². The van der Waals surface area contributed by atoms with Gasteiger partial charge in [-0.25, -0.2) is 4.79 Å². The molecule has 5 heteroatoms. The van der Waals surface area contributed by atoms with Crippen LogP contribution in [0.5, 0.6) is 0 Å². The number of primary amides is 1. The predicted molar refractivity (Wildman–Crippen MR) is 103 cm³/mol. The highest BCUT2D eigenvalue weighted by Gasteiger charge is 2.32. The second kappa shape index (κ2) is 8.56. The monoisotopic (exact) mass is 360 g/mol. The number of amides is 2. The van der Waals surface area contributed by atoms with Crippen LogP contribution in [0.4, 0.5) is 4.79 Å². The van der Waals surface area contributed by atoms with Crippen LogP contribution in [-0.4, -0.2) is 24.1 Å². The van der Waals surface area contributed by atoms with E-state index in [4.69, 9.17) is 10.5 Å². The average molecular weight is 360 g/mol. The van der Waals surface area contributed by atoms with Gasteiger partial charge in [-0.2, -0.15) is 0 Å². The number of nitrogens with one attached hydrogen (secondary N) is 1. The van der Waals surface area contributed by atoms with Crippen LogP contribution < -0.4 is 11.1 Å². The summed E-state index contributed by atoms with van der Waals surface area (Å²) in [6, 6.07) is 8.09. The highest BCUT2D eigenvalue weighted by molar-refractivity contribution is 5.82. The average Bonchev–Trinajstić information content (AvgIpc) is 2.54. The highest BCUT2D eigenvalue weighted by Crippen LogP contribution is 2.38. The Labute approximate surface area is 156 Å². The number of benzene rings is 1. The van der Waals surface area contributed by atoms with Crippen molar-refractivity contribution in [3.63, 3.8) is 0 Å². The maximum Gasteiger partial charge on any atom is 0.407 e. The van der Waals surface area contributed by atoms with Crippen LogP contribution in [0.1, 0.15) is 63.5 Å². The zero-order valence-corrected chi connectivity index (χ0v) is 16.4. The van der Waals surface area contributed by atoms with Gasteiger partial charge in [-0.15, -0.1) is 0 Å². The molecular weight excluding hydrogens is 328 g/mol. The van der Waals surface area contributed by atoms with Gasteiger partial charge in [-0.05, 0) is 70.8 Å². The van der Waals surface area contributed by atoms with Gasteiger partial charge < -0.3 is 15.8 Å². The van der Waals surface area contributed by atoms with E-state index < -0.39 is 5.60 Å². The Morgan fingerprint density at radius 2 is 1.73 bits per heavy atom. The normalized spacial score (nSPS) is 21.7. The van der Waals surface area contributed by atoms with Crippen LogP contribution >= 0.6 is 0 Å². The van der Waals surface area contributed by atoms with Crippen molar-refractivity contribution in [2.75, 3.05) is 6.54 Å². The number of hydrogen-bond acceptors (Lipinski definition) is 3. The number of alkyl carbamates (subject to hydrolysis) is 1. The molecular formula is C21H32N2O3. The van der Waals surface area contributed by atoms with E-state index in [0.29, 0.717) is 12.5 Å². The van der Waals surface area contributed by atoms with E-state index in [1.807, 2.05) is 52.0 Å². The van der Waals surface area contributed by atoms with E-state index in [-0.39, 0.29) is 23.8 Å². The van der Waals surface area contributed by atoms with Gasteiger partial charge in [0.1, 0.15) is 5.60 Å². The molecule has 5 nitrogen and oxygen atoms in total. The third-order valence-corrected chi connectivity index (χ3v) is 5.04. The van der Waals surface area contributed by atoms with Crippen molar-refractivity contribution in [1.82, 2.24) is 5.32 Å². The topological polar surface area (TPSA) is 81.4 Å². The molecule has 0 bridgehead atoms. The number of aryl methyl sites for hydroxylation is 1. The van der Waals surface area contributed by atoms with Crippen molar-refractivity contribution in [1.29, 1.82) is 0 Å². The lowest BCUT2D eigenvalue weighted by molar-refractivity contribution is -0.121. The maximum atomic E-state index is 12.1. The van der Waals surface area contributed by atoms with Gasteiger partial charge in [-0.1, -0.05) is 29.8 Å². The minimum Gasteiger partial charge on any atom is -0.444 e. The molecule has 0 saturated heterocycles. The van der Waals surface area contributed by atoms with Gasteiger partial charge in [-0.3, -0.25) is 4.79 Å². The first-order valence-corrected chi connectivity index (χ1v) is 9.48. The smallest absolute Gasteiger partial charge is 0.407 e.